The van der Waals surface area contributed by atoms with E-state index in [4.69, 9.17) is 11.5 Å². The molecule has 2 aromatic heterocycles. The third-order valence-electron chi connectivity index (χ3n) is 6.52. The number of piperazine rings is 1. The highest BCUT2D eigenvalue weighted by atomic mass is 19.4. The van der Waals surface area contributed by atoms with E-state index in [0.29, 0.717) is 5.69 Å². The fourth-order valence-corrected chi connectivity index (χ4v) is 4.34. The molecule has 1 fully saturated rings. The average molecular weight is 565 g/mol. The highest BCUT2D eigenvalue weighted by molar-refractivity contribution is 6.00. The van der Waals surface area contributed by atoms with Crippen LogP contribution in [0.5, 0.6) is 0 Å². The van der Waals surface area contributed by atoms with Gasteiger partial charge in [-0.15, -0.1) is 0 Å². The Morgan fingerprint density at radius 1 is 1.02 bits per heavy atom. The number of nitrogens with zero attached hydrogens (tertiary/aromatic N) is 5. The summed E-state index contributed by atoms with van der Waals surface area (Å²) in [6, 6.07) is 12.4. The van der Waals surface area contributed by atoms with Crippen LogP contribution in [0, 0.1) is 0 Å². The Hall–Kier alpha value is -4.71. The first-order valence-electron chi connectivity index (χ1n) is 12.8. The van der Waals surface area contributed by atoms with Gasteiger partial charge in [-0.3, -0.25) is 4.79 Å². The van der Waals surface area contributed by atoms with Gasteiger partial charge in [0.2, 0.25) is 5.82 Å². The number of likely N-dealkylation sites (N-methyl/N-ethyl adjacent to an activating group) is 1. The summed E-state index contributed by atoms with van der Waals surface area (Å²) >= 11 is 0. The number of rotatable bonds is 7. The number of halogens is 3. The summed E-state index contributed by atoms with van der Waals surface area (Å²) < 4.78 is 40.0. The zero-order valence-electron chi connectivity index (χ0n) is 22.7. The molecule has 3 aromatic rings. The van der Waals surface area contributed by atoms with Gasteiger partial charge in [0.05, 0.1) is 17.1 Å². The fraction of sp³-hybridized carbons (Fsp3) is 0.241. The summed E-state index contributed by atoms with van der Waals surface area (Å²) in [6.07, 6.45) is -0.468. The van der Waals surface area contributed by atoms with E-state index in [-0.39, 0.29) is 34.2 Å². The van der Waals surface area contributed by atoms with Crippen LogP contribution < -0.4 is 21.7 Å². The van der Waals surface area contributed by atoms with E-state index in [9.17, 15) is 18.0 Å². The Bertz CT molecular complexity index is 1490. The van der Waals surface area contributed by atoms with Crippen molar-refractivity contribution in [1.82, 2.24) is 25.2 Å². The first kappa shape index (κ1) is 29.3. The van der Waals surface area contributed by atoms with Gasteiger partial charge in [-0.1, -0.05) is 30.9 Å². The molecule has 12 heteroatoms. The van der Waals surface area contributed by atoms with Crippen molar-refractivity contribution in [2.24, 2.45) is 0 Å². The number of anilines is 3. The van der Waals surface area contributed by atoms with Crippen molar-refractivity contribution in [3.63, 3.8) is 0 Å². The minimum absolute atomic E-state index is 0.0528. The average Bonchev–Trinajstić information content (AvgIpc) is 2.95. The summed E-state index contributed by atoms with van der Waals surface area (Å²) in [6.45, 7) is 9.23. The van der Waals surface area contributed by atoms with E-state index < -0.39 is 17.9 Å². The lowest BCUT2D eigenvalue weighted by molar-refractivity contribution is -0.144. The number of carbonyl (C=O) groups excluding carboxylic acids is 1. The van der Waals surface area contributed by atoms with Crippen LogP contribution in [0.1, 0.15) is 28.9 Å². The molecule has 4 rings (SSSR count). The number of aromatic nitrogens is 3. The highest BCUT2D eigenvalue weighted by Gasteiger charge is 2.35. The van der Waals surface area contributed by atoms with E-state index in [0.717, 1.165) is 37.4 Å². The van der Waals surface area contributed by atoms with Crippen molar-refractivity contribution >= 4 is 28.7 Å². The first-order valence-corrected chi connectivity index (χ1v) is 12.8. The molecule has 0 bridgehead atoms. The third kappa shape index (κ3) is 6.90. The van der Waals surface area contributed by atoms with E-state index in [1.807, 2.05) is 24.3 Å². The number of amides is 1. The van der Waals surface area contributed by atoms with Crippen LogP contribution in [-0.2, 0) is 6.18 Å². The number of nitrogen functional groups attached to an aromatic ring is 2. The molecule has 41 heavy (non-hydrogen) atoms. The van der Waals surface area contributed by atoms with E-state index in [1.54, 1.807) is 25.1 Å². The maximum Gasteiger partial charge on any atom is 0.451 e. The maximum atomic E-state index is 13.3. The van der Waals surface area contributed by atoms with Crippen molar-refractivity contribution in [2.75, 3.05) is 49.6 Å². The Labute approximate surface area is 236 Å². The summed E-state index contributed by atoms with van der Waals surface area (Å²) in [5, 5.41) is 2.66. The lowest BCUT2D eigenvalue weighted by Gasteiger charge is -2.34. The monoisotopic (exact) mass is 564 g/mol. The van der Waals surface area contributed by atoms with Crippen molar-refractivity contribution in [3.8, 4) is 11.3 Å². The molecule has 0 atom stereocenters. The van der Waals surface area contributed by atoms with Crippen molar-refractivity contribution in [3.05, 3.63) is 90.2 Å². The van der Waals surface area contributed by atoms with Crippen LogP contribution in [0.3, 0.4) is 0 Å². The van der Waals surface area contributed by atoms with Crippen LogP contribution >= 0.6 is 0 Å². The number of benzene rings is 1. The minimum atomic E-state index is -4.82. The van der Waals surface area contributed by atoms with Crippen molar-refractivity contribution < 1.29 is 18.0 Å². The van der Waals surface area contributed by atoms with Crippen molar-refractivity contribution in [2.45, 2.75) is 13.1 Å². The summed E-state index contributed by atoms with van der Waals surface area (Å²) in [5.41, 5.74) is 14.3. The fourth-order valence-electron chi connectivity index (χ4n) is 4.34. The van der Waals surface area contributed by atoms with Gasteiger partial charge < -0.3 is 26.6 Å². The van der Waals surface area contributed by atoms with Gasteiger partial charge in [-0.25, -0.2) is 15.0 Å². The molecule has 214 valence electrons. The zero-order valence-corrected chi connectivity index (χ0v) is 22.7. The molecule has 5 N–H and O–H groups in total. The SMILES string of the molecule is C=C/C(NC(=O)c1nc(-c2ccc(N3CCN(C)CC3)cc2)ccc1N)=C(\C=C/C)c1cc(N)nc(C(F)(F)F)n1. The van der Waals surface area contributed by atoms with Crippen LogP contribution in [0.4, 0.5) is 30.4 Å². The zero-order chi connectivity index (χ0) is 29.7. The smallest absolute Gasteiger partial charge is 0.397 e. The Morgan fingerprint density at radius 2 is 1.71 bits per heavy atom. The predicted molar refractivity (Wildman–Crippen MR) is 155 cm³/mol. The van der Waals surface area contributed by atoms with Gasteiger partial charge in [0.1, 0.15) is 5.82 Å². The molecule has 3 heterocycles. The molecule has 1 saturated heterocycles. The molecule has 0 saturated carbocycles. The molecule has 0 radical (unpaired) electrons. The van der Waals surface area contributed by atoms with Gasteiger partial charge in [0, 0.05) is 54.8 Å². The lowest BCUT2D eigenvalue weighted by atomic mass is 10.1. The largest absolute Gasteiger partial charge is 0.451 e. The second kappa shape index (κ2) is 12.2. The molecule has 9 nitrogen and oxygen atoms in total. The van der Waals surface area contributed by atoms with Gasteiger partial charge in [0.25, 0.3) is 5.91 Å². The second-order valence-electron chi connectivity index (χ2n) is 9.46. The van der Waals surface area contributed by atoms with Crippen LogP contribution in [0.15, 0.2) is 73.0 Å². The van der Waals surface area contributed by atoms with Crippen molar-refractivity contribution in [1.29, 1.82) is 0 Å². The molecule has 0 spiro atoms. The van der Waals surface area contributed by atoms with Gasteiger partial charge >= 0.3 is 6.18 Å². The Kier molecular flexibility index (Phi) is 8.72. The number of nitrogens with two attached hydrogens (primary N) is 2. The number of hydrogen-bond donors (Lipinski definition) is 3. The number of pyridine rings is 1. The Morgan fingerprint density at radius 3 is 2.32 bits per heavy atom. The van der Waals surface area contributed by atoms with Crippen LogP contribution in [-0.4, -0.2) is 59.0 Å². The molecular weight excluding hydrogens is 533 g/mol. The molecule has 0 unspecified atom stereocenters. The van der Waals surface area contributed by atoms with E-state index in [2.05, 4.69) is 43.7 Å². The van der Waals surface area contributed by atoms with Crippen LogP contribution in [0.2, 0.25) is 0 Å². The van der Waals surface area contributed by atoms with Gasteiger partial charge in [-0.05, 0) is 44.3 Å². The molecular formula is C29H31F3N8O. The summed E-state index contributed by atoms with van der Waals surface area (Å²) in [5.74, 6) is -2.45. The number of hydrogen-bond acceptors (Lipinski definition) is 8. The van der Waals surface area contributed by atoms with E-state index >= 15 is 0 Å². The second-order valence-corrected chi connectivity index (χ2v) is 9.46. The summed E-state index contributed by atoms with van der Waals surface area (Å²) in [4.78, 5) is 29.3. The third-order valence-corrected chi connectivity index (χ3v) is 6.52. The molecule has 1 aliphatic rings. The predicted octanol–water partition coefficient (Wildman–Crippen LogP) is 4.38. The molecule has 1 aromatic carbocycles. The molecule has 0 aliphatic carbocycles. The quantitative estimate of drug-likeness (QED) is 0.361. The van der Waals surface area contributed by atoms with Gasteiger partial charge in [0.15, 0.2) is 5.69 Å². The number of alkyl halides is 3. The topological polar surface area (TPSA) is 126 Å². The molecule has 1 aliphatic heterocycles. The lowest BCUT2D eigenvalue weighted by Crippen LogP contribution is -2.44. The standard InChI is InChI=1S/C29H31F3N8O/c1-4-6-20(24-17-25(34)38-28(37-24)29(30,31)32)22(5-2)36-27(41)26-21(33)11-12-23(35-26)18-7-9-19(10-8-18)40-15-13-39(3)14-16-40/h4-12,17H,2,13-16,33H2,1,3H3,(H,36,41)(H2,34,37,38)/b6-4-,22-20-. The normalized spacial score (nSPS) is 15.1. The van der Waals surface area contributed by atoms with E-state index in [1.165, 1.54) is 18.2 Å². The Balaban J connectivity index is 1.63. The van der Waals surface area contributed by atoms with Crippen LogP contribution in [0.25, 0.3) is 16.8 Å². The highest BCUT2D eigenvalue weighted by Crippen LogP contribution is 2.30. The minimum Gasteiger partial charge on any atom is -0.397 e. The van der Waals surface area contributed by atoms with Gasteiger partial charge in [-0.2, -0.15) is 13.2 Å². The summed E-state index contributed by atoms with van der Waals surface area (Å²) in [7, 11) is 2.10. The number of nitrogens with one attached hydrogen (secondary N) is 1. The maximum absolute atomic E-state index is 13.3. The molecule has 1 amide bonds. The number of carbonyl (C=O) groups is 1. The first-order chi connectivity index (χ1) is 19.5. The number of allylic oxidation sites excluding steroid dienone is 4.